The molecule has 9 heteroatoms. The van der Waals surface area contributed by atoms with E-state index < -0.39 is 9.84 Å². The normalized spacial score (nSPS) is 18.1. The number of carbonyl (C=O) groups excluding carboxylic acids is 1. The first kappa shape index (κ1) is 22.3. The van der Waals surface area contributed by atoms with Gasteiger partial charge in [0, 0.05) is 36.8 Å². The van der Waals surface area contributed by atoms with Crippen LogP contribution < -0.4 is 19.5 Å². The molecule has 1 saturated heterocycles. The van der Waals surface area contributed by atoms with Gasteiger partial charge in [-0.1, -0.05) is 6.92 Å². The van der Waals surface area contributed by atoms with Crippen LogP contribution in [-0.4, -0.2) is 71.2 Å². The summed E-state index contributed by atoms with van der Waals surface area (Å²) < 4.78 is 39.4. The summed E-state index contributed by atoms with van der Waals surface area (Å²) in [5.74, 6) is 1.63. The van der Waals surface area contributed by atoms with Crippen LogP contribution in [0, 0.1) is 0 Å². The summed E-state index contributed by atoms with van der Waals surface area (Å²) in [5, 5.41) is 2.85. The predicted octanol–water partition coefficient (Wildman–Crippen LogP) is 1.94. The summed E-state index contributed by atoms with van der Waals surface area (Å²) in [6.45, 7) is 3.34. The van der Waals surface area contributed by atoms with Crippen LogP contribution in [0.4, 0.5) is 5.69 Å². The van der Waals surface area contributed by atoms with Crippen molar-refractivity contribution < 1.29 is 27.4 Å². The summed E-state index contributed by atoms with van der Waals surface area (Å²) in [6, 6.07) is 3.35. The van der Waals surface area contributed by atoms with Crippen LogP contribution in [0.15, 0.2) is 12.1 Å². The number of ether oxygens (including phenoxy) is 3. The van der Waals surface area contributed by atoms with Gasteiger partial charge in [0.15, 0.2) is 21.3 Å². The molecule has 0 spiro atoms. The van der Waals surface area contributed by atoms with Gasteiger partial charge in [-0.3, -0.25) is 9.69 Å². The summed E-state index contributed by atoms with van der Waals surface area (Å²) in [5.41, 5.74) is 0.546. The number of methoxy groups -OCH3 is 3. The van der Waals surface area contributed by atoms with Crippen molar-refractivity contribution >= 4 is 21.4 Å². The molecule has 1 aliphatic rings. The molecule has 8 nitrogen and oxygen atoms in total. The van der Waals surface area contributed by atoms with E-state index in [0.717, 1.165) is 13.0 Å². The molecule has 1 fully saturated rings. The molecule has 28 heavy (non-hydrogen) atoms. The Morgan fingerprint density at radius 3 is 2.25 bits per heavy atom. The van der Waals surface area contributed by atoms with Crippen molar-refractivity contribution in [2.45, 2.75) is 32.2 Å². The van der Waals surface area contributed by atoms with E-state index >= 15 is 0 Å². The first-order valence-electron chi connectivity index (χ1n) is 9.37. The first-order valence-corrected chi connectivity index (χ1v) is 11.2. The minimum atomic E-state index is -2.95. The molecular weight excluding hydrogens is 384 g/mol. The van der Waals surface area contributed by atoms with Gasteiger partial charge >= 0.3 is 0 Å². The molecule has 0 aromatic heterocycles. The van der Waals surface area contributed by atoms with Gasteiger partial charge in [-0.15, -0.1) is 0 Å². The van der Waals surface area contributed by atoms with Crippen LogP contribution in [0.25, 0.3) is 0 Å². The summed E-state index contributed by atoms with van der Waals surface area (Å²) >= 11 is 0. The van der Waals surface area contributed by atoms with Crippen LogP contribution >= 0.6 is 0 Å². The van der Waals surface area contributed by atoms with E-state index in [1.54, 1.807) is 12.1 Å². The lowest BCUT2D eigenvalue weighted by atomic mass is 10.2. The van der Waals surface area contributed by atoms with Crippen LogP contribution in [-0.2, 0) is 14.6 Å². The maximum Gasteiger partial charge on any atom is 0.225 e. The standard InChI is InChI=1S/C19H30N2O6S/c1-5-8-21(15-7-10-28(23,24)13-15)9-6-18(22)20-14-11-16(25-2)19(27-4)17(12-14)26-3/h11-12,15H,5-10,13H2,1-4H3,(H,20,22). The number of rotatable bonds is 10. The Balaban J connectivity index is 2.01. The molecule has 0 bridgehead atoms. The van der Waals surface area contributed by atoms with Gasteiger partial charge < -0.3 is 19.5 Å². The topological polar surface area (TPSA) is 94.2 Å². The zero-order chi connectivity index (χ0) is 20.7. The molecule has 1 atom stereocenters. The fourth-order valence-electron chi connectivity index (χ4n) is 3.45. The fraction of sp³-hybridized carbons (Fsp3) is 0.632. The molecule has 0 saturated carbocycles. The molecule has 1 aromatic carbocycles. The Bertz CT molecular complexity index is 756. The summed E-state index contributed by atoms with van der Waals surface area (Å²) in [6.07, 6.45) is 1.81. The van der Waals surface area contributed by atoms with E-state index in [4.69, 9.17) is 14.2 Å². The summed E-state index contributed by atoms with van der Waals surface area (Å²) in [4.78, 5) is 14.6. The highest BCUT2D eigenvalue weighted by atomic mass is 32.2. The molecule has 2 rings (SSSR count). The third kappa shape index (κ3) is 5.75. The molecule has 0 radical (unpaired) electrons. The highest BCUT2D eigenvalue weighted by molar-refractivity contribution is 7.91. The van der Waals surface area contributed by atoms with Crippen molar-refractivity contribution in [2.24, 2.45) is 0 Å². The molecule has 1 aliphatic heterocycles. The van der Waals surface area contributed by atoms with Crippen molar-refractivity contribution in [2.75, 3.05) is 51.2 Å². The smallest absolute Gasteiger partial charge is 0.225 e. The summed E-state index contributed by atoms with van der Waals surface area (Å²) in [7, 11) is 1.60. The molecule has 1 aromatic rings. The van der Waals surface area contributed by atoms with Gasteiger partial charge in [0.2, 0.25) is 11.7 Å². The zero-order valence-corrected chi connectivity index (χ0v) is 17.8. The zero-order valence-electron chi connectivity index (χ0n) is 17.0. The van der Waals surface area contributed by atoms with Crippen LogP contribution in [0.5, 0.6) is 17.2 Å². The van der Waals surface area contributed by atoms with Crippen molar-refractivity contribution in [1.29, 1.82) is 0 Å². The number of carbonyl (C=O) groups is 1. The van der Waals surface area contributed by atoms with Gasteiger partial charge in [-0.05, 0) is 19.4 Å². The van der Waals surface area contributed by atoms with Crippen molar-refractivity contribution in [3.05, 3.63) is 12.1 Å². The largest absolute Gasteiger partial charge is 0.493 e. The lowest BCUT2D eigenvalue weighted by Gasteiger charge is -2.27. The maximum absolute atomic E-state index is 12.4. The van der Waals surface area contributed by atoms with E-state index in [9.17, 15) is 13.2 Å². The Labute approximate surface area is 167 Å². The van der Waals surface area contributed by atoms with E-state index in [-0.39, 0.29) is 29.9 Å². The second-order valence-corrected chi connectivity index (χ2v) is 9.03. The lowest BCUT2D eigenvalue weighted by Crippen LogP contribution is -2.38. The molecule has 0 aliphatic carbocycles. The number of hydrogen-bond acceptors (Lipinski definition) is 7. The molecule has 1 amide bonds. The number of hydrogen-bond donors (Lipinski definition) is 1. The number of sulfone groups is 1. The highest BCUT2D eigenvalue weighted by Crippen LogP contribution is 2.39. The number of benzene rings is 1. The van der Waals surface area contributed by atoms with Crippen LogP contribution in [0.3, 0.4) is 0 Å². The lowest BCUT2D eigenvalue weighted by molar-refractivity contribution is -0.116. The molecule has 1 unspecified atom stereocenters. The van der Waals surface area contributed by atoms with Crippen molar-refractivity contribution in [3.8, 4) is 17.2 Å². The number of nitrogens with one attached hydrogen (secondary N) is 1. The Morgan fingerprint density at radius 1 is 1.14 bits per heavy atom. The van der Waals surface area contributed by atoms with E-state index in [1.165, 1.54) is 21.3 Å². The Hall–Kier alpha value is -2.00. The Kier molecular flexibility index (Phi) is 7.94. The molecule has 1 N–H and O–H groups in total. The number of amides is 1. The number of nitrogens with zero attached hydrogens (tertiary/aromatic N) is 1. The van der Waals surface area contributed by atoms with Crippen LogP contribution in [0.2, 0.25) is 0 Å². The van der Waals surface area contributed by atoms with Crippen LogP contribution in [0.1, 0.15) is 26.2 Å². The third-order valence-electron chi connectivity index (χ3n) is 4.81. The van der Waals surface area contributed by atoms with Gasteiger partial charge in [0.05, 0.1) is 32.8 Å². The van der Waals surface area contributed by atoms with Gasteiger partial charge in [0.1, 0.15) is 0 Å². The van der Waals surface area contributed by atoms with E-state index in [1.807, 2.05) is 6.92 Å². The quantitative estimate of drug-likeness (QED) is 0.625. The fourth-order valence-corrected chi connectivity index (χ4v) is 5.21. The molecule has 158 valence electrons. The van der Waals surface area contributed by atoms with Gasteiger partial charge in [-0.2, -0.15) is 0 Å². The second kappa shape index (κ2) is 9.97. The minimum absolute atomic E-state index is 0.000996. The SMILES string of the molecule is CCCN(CCC(=O)Nc1cc(OC)c(OC)c(OC)c1)C1CCS(=O)(=O)C1. The predicted molar refractivity (Wildman–Crippen MR) is 108 cm³/mol. The minimum Gasteiger partial charge on any atom is -0.493 e. The average Bonchev–Trinajstić information content (AvgIpc) is 3.03. The highest BCUT2D eigenvalue weighted by Gasteiger charge is 2.31. The van der Waals surface area contributed by atoms with Crippen molar-refractivity contribution in [1.82, 2.24) is 4.90 Å². The maximum atomic E-state index is 12.4. The van der Waals surface area contributed by atoms with Gasteiger partial charge in [-0.25, -0.2) is 8.42 Å². The Morgan fingerprint density at radius 2 is 1.79 bits per heavy atom. The first-order chi connectivity index (χ1) is 13.3. The van der Waals surface area contributed by atoms with E-state index in [0.29, 0.717) is 35.9 Å². The third-order valence-corrected chi connectivity index (χ3v) is 6.56. The number of anilines is 1. The second-order valence-electron chi connectivity index (χ2n) is 6.81. The monoisotopic (exact) mass is 414 g/mol. The van der Waals surface area contributed by atoms with Crippen molar-refractivity contribution in [3.63, 3.8) is 0 Å². The molecular formula is C19H30N2O6S. The van der Waals surface area contributed by atoms with Gasteiger partial charge in [0.25, 0.3) is 0 Å². The molecule has 1 heterocycles. The average molecular weight is 415 g/mol. The van der Waals surface area contributed by atoms with E-state index in [2.05, 4.69) is 10.2 Å².